The average Bonchev–Trinajstić information content (AvgIpc) is 2.85. The molecule has 1 fully saturated rings. The van der Waals surface area contributed by atoms with Crippen LogP contribution < -0.4 is 16.1 Å². The van der Waals surface area contributed by atoms with E-state index in [0.29, 0.717) is 29.6 Å². The van der Waals surface area contributed by atoms with Crippen molar-refractivity contribution in [2.45, 2.75) is 6.42 Å². The van der Waals surface area contributed by atoms with E-state index in [4.69, 9.17) is 4.42 Å². The zero-order chi connectivity index (χ0) is 16.4. The summed E-state index contributed by atoms with van der Waals surface area (Å²) in [5.41, 5.74) is 0.721. The zero-order valence-electron chi connectivity index (χ0n) is 12.2. The van der Waals surface area contributed by atoms with Gasteiger partial charge in [-0.1, -0.05) is 0 Å². The highest BCUT2D eigenvalue weighted by Gasteiger charge is 2.27. The van der Waals surface area contributed by atoms with Crippen molar-refractivity contribution < 1.29 is 17.6 Å². The summed E-state index contributed by atoms with van der Waals surface area (Å²) < 4.78 is 27.9. The molecule has 1 aromatic carbocycles. The van der Waals surface area contributed by atoms with Crippen molar-refractivity contribution in [1.82, 2.24) is 5.32 Å². The van der Waals surface area contributed by atoms with E-state index in [1.807, 2.05) is 0 Å². The Morgan fingerprint density at radius 1 is 1.30 bits per heavy atom. The van der Waals surface area contributed by atoms with Crippen molar-refractivity contribution in [3.8, 4) is 0 Å². The van der Waals surface area contributed by atoms with Crippen molar-refractivity contribution in [2.24, 2.45) is 5.92 Å². The Bertz CT molecular complexity index is 903. The van der Waals surface area contributed by atoms with Gasteiger partial charge in [0.1, 0.15) is 5.58 Å². The Morgan fingerprint density at radius 3 is 2.87 bits per heavy atom. The smallest absolute Gasteiger partial charge is 0.319 e. The summed E-state index contributed by atoms with van der Waals surface area (Å²) in [6.45, 7) is 0.306. The van der Waals surface area contributed by atoms with Crippen LogP contribution >= 0.6 is 0 Å². The molecule has 0 radical (unpaired) electrons. The molecule has 1 aliphatic rings. The topological polar surface area (TPSA) is 105 Å². The second-order valence-corrected chi connectivity index (χ2v) is 7.83. The van der Waals surface area contributed by atoms with Crippen LogP contribution in [0.1, 0.15) is 6.42 Å². The lowest BCUT2D eigenvalue weighted by Crippen LogP contribution is -2.33. The van der Waals surface area contributed by atoms with E-state index in [1.165, 1.54) is 12.3 Å². The number of benzene rings is 1. The fourth-order valence-electron chi connectivity index (χ4n) is 2.61. The summed E-state index contributed by atoms with van der Waals surface area (Å²) in [4.78, 5) is 23.6. The average molecular weight is 336 g/mol. The van der Waals surface area contributed by atoms with Crippen LogP contribution in [-0.4, -0.2) is 32.5 Å². The Kier molecular flexibility index (Phi) is 4.08. The van der Waals surface area contributed by atoms with Crippen LogP contribution in [0.4, 0.5) is 10.5 Å². The van der Waals surface area contributed by atoms with Crippen LogP contribution in [0.25, 0.3) is 11.0 Å². The predicted octanol–water partition coefficient (Wildman–Crippen LogP) is 1.35. The van der Waals surface area contributed by atoms with Gasteiger partial charge in [0, 0.05) is 18.3 Å². The molecule has 23 heavy (non-hydrogen) atoms. The normalized spacial score (nSPS) is 19.6. The van der Waals surface area contributed by atoms with Gasteiger partial charge in [0.15, 0.2) is 15.3 Å². The first-order chi connectivity index (χ1) is 10.9. The Morgan fingerprint density at radius 2 is 2.13 bits per heavy atom. The molecule has 1 aromatic heterocycles. The van der Waals surface area contributed by atoms with Crippen LogP contribution in [0, 0.1) is 5.92 Å². The Balaban J connectivity index is 1.62. The van der Waals surface area contributed by atoms with E-state index < -0.39 is 15.9 Å². The fraction of sp³-hybridized carbons (Fsp3) is 0.333. The number of urea groups is 1. The molecule has 122 valence electrons. The minimum atomic E-state index is -2.95. The first-order valence-corrected chi connectivity index (χ1v) is 9.02. The largest absolute Gasteiger partial charge is 0.464 e. The summed E-state index contributed by atoms with van der Waals surface area (Å²) in [5, 5.41) is 5.67. The lowest BCUT2D eigenvalue weighted by atomic mass is 10.1. The van der Waals surface area contributed by atoms with Gasteiger partial charge in [0.05, 0.1) is 23.2 Å². The number of sulfone groups is 1. The summed E-state index contributed by atoms with van der Waals surface area (Å²) in [6.07, 6.45) is 1.89. The van der Waals surface area contributed by atoms with Gasteiger partial charge in [0.25, 0.3) is 0 Å². The third kappa shape index (κ3) is 3.70. The molecule has 8 heteroatoms. The van der Waals surface area contributed by atoms with Crippen molar-refractivity contribution in [1.29, 1.82) is 0 Å². The third-order valence-electron chi connectivity index (χ3n) is 3.80. The molecule has 0 spiro atoms. The molecule has 1 saturated heterocycles. The molecular weight excluding hydrogens is 320 g/mol. The van der Waals surface area contributed by atoms with Gasteiger partial charge >= 0.3 is 6.03 Å². The van der Waals surface area contributed by atoms with Crippen LogP contribution in [0.5, 0.6) is 0 Å². The molecule has 1 unspecified atom stereocenters. The van der Waals surface area contributed by atoms with Crippen molar-refractivity contribution >= 4 is 32.5 Å². The SMILES string of the molecule is O=C(NCC1CCS(=O)(=O)C1)Nc1ccc2occc(=O)c2c1. The number of rotatable bonds is 3. The van der Waals surface area contributed by atoms with Crippen LogP contribution in [0.3, 0.4) is 0 Å². The van der Waals surface area contributed by atoms with E-state index in [-0.39, 0.29) is 22.9 Å². The van der Waals surface area contributed by atoms with Crippen molar-refractivity contribution in [2.75, 3.05) is 23.4 Å². The molecule has 0 aliphatic carbocycles. The highest BCUT2D eigenvalue weighted by atomic mass is 32.2. The number of nitrogens with one attached hydrogen (secondary N) is 2. The monoisotopic (exact) mass is 336 g/mol. The molecule has 1 atom stereocenters. The molecule has 0 bridgehead atoms. The molecule has 2 heterocycles. The van der Waals surface area contributed by atoms with Crippen LogP contribution in [0.2, 0.25) is 0 Å². The molecule has 2 amide bonds. The summed E-state index contributed by atoms with van der Waals surface area (Å²) in [5.74, 6) is 0.250. The maximum atomic E-state index is 11.9. The van der Waals surface area contributed by atoms with Gasteiger partial charge in [-0.15, -0.1) is 0 Å². The second-order valence-electron chi connectivity index (χ2n) is 5.60. The minimum absolute atomic E-state index is 0.0469. The third-order valence-corrected chi connectivity index (χ3v) is 5.63. The predicted molar refractivity (Wildman–Crippen MR) is 86.3 cm³/mol. The second kappa shape index (κ2) is 6.04. The first-order valence-electron chi connectivity index (χ1n) is 7.20. The quantitative estimate of drug-likeness (QED) is 0.880. The van der Waals surface area contributed by atoms with Gasteiger partial charge in [-0.2, -0.15) is 0 Å². The van der Waals surface area contributed by atoms with Gasteiger partial charge in [-0.25, -0.2) is 13.2 Å². The standard InChI is InChI=1S/C15H16N2O5S/c18-13-3-5-22-14-2-1-11(7-12(13)14)17-15(19)16-8-10-4-6-23(20,21)9-10/h1-3,5,7,10H,4,6,8-9H2,(H2,16,17,19). The van der Waals surface area contributed by atoms with E-state index in [2.05, 4.69) is 10.6 Å². The fourth-order valence-corrected chi connectivity index (χ4v) is 4.47. The number of carbonyl (C=O) groups excluding carboxylic acids is 1. The Labute approximate surface area is 132 Å². The molecule has 0 saturated carbocycles. The number of hydrogen-bond acceptors (Lipinski definition) is 5. The summed E-state index contributed by atoms with van der Waals surface area (Å²) in [6, 6.07) is 5.66. The molecule has 3 rings (SSSR count). The number of amides is 2. The van der Waals surface area contributed by atoms with Gasteiger partial charge in [-0.05, 0) is 30.5 Å². The van der Waals surface area contributed by atoms with Gasteiger partial charge < -0.3 is 15.1 Å². The van der Waals surface area contributed by atoms with E-state index in [0.717, 1.165) is 0 Å². The molecular formula is C15H16N2O5S. The van der Waals surface area contributed by atoms with Gasteiger partial charge in [-0.3, -0.25) is 4.79 Å². The molecule has 2 aromatic rings. The van der Waals surface area contributed by atoms with Crippen molar-refractivity contribution in [3.63, 3.8) is 0 Å². The van der Waals surface area contributed by atoms with Crippen LogP contribution in [-0.2, 0) is 9.84 Å². The first kappa shape index (κ1) is 15.5. The Hall–Kier alpha value is -2.35. The molecule has 2 N–H and O–H groups in total. The van der Waals surface area contributed by atoms with Crippen molar-refractivity contribution in [3.05, 3.63) is 40.8 Å². The van der Waals surface area contributed by atoms with Crippen LogP contribution in [0.15, 0.2) is 39.7 Å². The lowest BCUT2D eigenvalue weighted by molar-refractivity contribution is 0.250. The van der Waals surface area contributed by atoms with E-state index in [1.54, 1.807) is 18.2 Å². The lowest BCUT2D eigenvalue weighted by Gasteiger charge is -2.11. The van der Waals surface area contributed by atoms with Gasteiger partial charge in [0.2, 0.25) is 0 Å². The molecule has 1 aliphatic heterocycles. The number of anilines is 1. The summed E-state index contributed by atoms with van der Waals surface area (Å²) >= 11 is 0. The summed E-state index contributed by atoms with van der Waals surface area (Å²) in [7, 11) is -2.95. The number of hydrogen-bond donors (Lipinski definition) is 2. The highest BCUT2D eigenvalue weighted by Crippen LogP contribution is 2.18. The molecule has 7 nitrogen and oxygen atoms in total. The highest BCUT2D eigenvalue weighted by molar-refractivity contribution is 7.91. The number of fused-ring (bicyclic) bond motifs is 1. The minimum Gasteiger partial charge on any atom is -0.464 e. The van der Waals surface area contributed by atoms with E-state index in [9.17, 15) is 18.0 Å². The zero-order valence-corrected chi connectivity index (χ0v) is 13.1. The van der Waals surface area contributed by atoms with E-state index >= 15 is 0 Å². The maximum absolute atomic E-state index is 11.9. The number of carbonyl (C=O) groups is 1. The maximum Gasteiger partial charge on any atom is 0.319 e.